The molecule has 0 bridgehead atoms. The van der Waals surface area contributed by atoms with Crippen molar-refractivity contribution in [1.82, 2.24) is 19.7 Å². The SMILES string of the molecule is CCc1nc2cc(F)ccn2c1C(=O)NCc1ccc(N2CCN(c3ccc(OCC(F)(F)F)nc3)[C@@H](C)C2)c(F)c1. The number of hydrogen-bond donors (Lipinski definition) is 1. The van der Waals surface area contributed by atoms with Gasteiger partial charge in [-0.3, -0.25) is 9.20 Å². The van der Waals surface area contributed by atoms with Crippen LogP contribution in [0.2, 0.25) is 0 Å². The highest BCUT2D eigenvalue weighted by atomic mass is 19.4. The molecule has 4 aromatic rings. The van der Waals surface area contributed by atoms with E-state index in [1.807, 2.05) is 18.7 Å². The molecule has 4 heterocycles. The van der Waals surface area contributed by atoms with Crippen LogP contribution in [0.4, 0.5) is 33.3 Å². The Hall–Kier alpha value is -4.42. The van der Waals surface area contributed by atoms with E-state index in [1.54, 1.807) is 18.2 Å². The number of aromatic nitrogens is 3. The first kappa shape index (κ1) is 29.1. The van der Waals surface area contributed by atoms with Gasteiger partial charge in [-0.15, -0.1) is 0 Å². The molecule has 1 aromatic carbocycles. The molecule has 1 atom stereocenters. The highest BCUT2D eigenvalue weighted by Crippen LogP contribution is 2.27. The van der Waals surface area contributed by atoms with E-state index in [4.69, 9.17) is 0 Å². The summed E-state index contributed by atoms with van der Waals surface area (Å²) in [6.07, 6.45) is -1.03. The van der Waals surface area contributed by atoms with Gasteiger partial charge < -0.3 is 19.9 Å². The van der Waals surface area contributed by atoms with Gasteiger partial charge in [-0.25, -0.2) is 18.7 Å². The van der Waals surface area contributed by atoms with Crippen LogP contribution in [0.25, 0.3) is 5.65 Å². The smallest absolute Gasteiger partial charge is 0.422 e. The summed E-state index contributed by atoms with van der Waals surface area (Å²) in [5.74, 6) is -1.37. The lowest BCUT2D eigenvalue weighted by molar-refractivity contribution is -0.154. The van der Waals surface area contributed by atoms with Crippen molar-refractivity contribution in [2.24, 2.45) is 0 Å². The second kappa shape index (κ2) is 11.8. The fourth-order valence-corrected chi connectivity index (χ4v) is 5.08. The number of hydrogen-bond acceptors (Lipinski definition) is 6. The Morgan fingerprint density at radius 3 is 2.60 bits per heavy atom. The van der Waals surface area contributed by atoms with Gasteiger partial charge in [0.1, 0.15) is 23.0 Å². The Bertz CT molecular complexity index is 1570. The quantitative estimate of drug-likeness (QED) is 0.287. The van der Waals surface area contributed by atoms with Crippen molar-refractivity contribution >= 4 is 22.9 Å². The monoisotopic (exact) mass is 588 g/mol. The predicted octanol–water partition coefficient (Wildman–Crippen LogP) is 5.16. The maximum absolute atomic E-state index is 15.2. The van der Waals surface area contributed by atoms with Crippen LogP contribution >= 0.6 is 0 Å². The largest absolute Gasteiger partial charge is 0.468 e. The molecule has 1 fully saturated rings. The number of pyridine rings is 2. The Morgan fingerprint density at radius 2 is 1.93 bits per heavy atom. The molecule has 0 aliphatic carbocycles. The van der Waals surface area contributed by atoms with E-state index in [9.17, 15) is 22.4 Å². The highest BCUT2D eigenvalue weighted by molar-refractivity contribution is 5.94. The summed E-state index contributed by atoms with van der Waals surface area (Å²) in [5.41, 5.74) is 2.93. The maximum atomic E-state index is 15.2. The van der Waals surface area contributed by atoms with E-state index in [2.05, 4.69) is 24.9 Å². The number of alkyl halides is 3. The van der Waals surface area contributed by atoms with Crippen molar-refractivity contribution < 1.29 is 31.5 Å². The van der Waals surface area contributed by atoms with Crippen LogP contribution in [0, 0.1) is 11.6 Å². The number of carbonyl (C=O) groups excluding carboxylic acids is 1. The van der Waals surface area contributed by atoms with Gasteiger partial charge in [-0.05, 0) is 43.2 Å². The Labute approximate surface area is 238 Å². The first-order valence-electron chi connectivity index (χ1n) is 13.4. The minimum Gasteiger partial charge on any atom is -0.468 e. The molecule has 0 saturated carbocycles. The number of fused-ring (bicyclic) bond motifs is 1. The third kappa shape index (κ3) is 6.39. The first-order valence-corrected chi connectivity index (χ1v) is 13.4. The molecule has 8 nitrogen and oxygen atoms in total. The molecule has 0 unspecified atom stereocenters. The molecule has 1 aliphatic heterocycles. The number of nitrogens with one attached hydrogen (secondary N) is 1. The number of nitrogens with zero attached hydrogens (tertiary/aromatic N) is 5. The van der Waals surface area contributed by atoms with Gasteiger partial charge >= 0.3 is 6.18 Å². The molecule has 222 valence electrons. The highest BCUT2D eigenvalue weighted by Gasteiger charge is 2.29. The van der Waals surface area contributed by atoms with E-state index in [1.165, 1.54) is 41.1 Å². The van der Waals surface area contributed by atoms with Crippen molar-refractivity contribution in [3.05, 3.63) is 83.4 Å². The Balaban J connectivity index is 1.20. The zero-order valence-electron chi connectivity index (χ0n) is 23.0. The van der Waals surface area contributed by atoms with E-state index in [0.29, 0.717) is 54.3 Å². The van der Waals surface area contributed by atoms with Crippen LogP contribution in [0.15, 0.2) is 54.9 Å². The maximum Gasteiger partial charge on any atom is 0.422 e. The minimum atomic E-state index is -4.44. The van der Waals surface area contributed by atoms with Gasteiger partial charge in [0.15, 0.2) is 6.61 Å². The number of carbonyl (C=O) groups is 1. The lowest BCUT2D eigenvalue weighted by atomic mass is 10.1. The van der Waals surface area contributed by atoms with Gasteiger partial charge in [0, 0.05) is 50.6 Å². The van der Waals surface area contributed by atoms with Crippen LogP contribution in [0.1, 0.15) is 35.6 Å². The van der Waals surface area contributed by atoms with E-state index < -0.39 is 30.3 Å². The van der Waals surface area contributed by atoms with Crippen LogP contribution < -0.4 is 19.9 Å². The summed E-state index contributed by atoms with van der Waals surface area (Å²) in [6, 6.07) is 10.4. The average molecular weight is 589 g/mol. The molecule has 1 amide bonds. The number of piperazine rings is 1. The van der Waals surface area contributed by atoms with Gasteiger partial charge in [-0.1, -0.05) is 13.0 Å². The van der Waals surface area contributed by atoms with Gasteiger partial charge in [-0.2, -0.15) is 13.2 Å². The standard InChI is InChI=1S/C29H29F5N6O2/c1-3-23-27(40-9-8-20(30)13-25(40)37-23)28(41)36-14-19-4-6-24(22(31)12-19)38-10-11-39(18(2)16-38)21-5-7-26(35-15-21)42-17-29(32,33)34/h4-9,12-13,15,18H,3,10-11,14,16-17H2,1-2H3,(H,36,41)/t18-/m0/s1. The summed E-state index contributed by atoms with van der Waals surface area (Å²) in [5, 5.41) is 2.81. The third-order valence-electron chi connectivity index (χ3n) is 7.08. The van der Waals surface area contributed by atoms with Crippen LogP contribution in [0.3, 0.4) is 0 Å². The average Bonchev–Trinajstić information content (AvgIpc) is 3.32. The second-order valence-corrected chi connectivity index (χ2v) is 10.0. The topological polar surface area (TPSA) is 75.0 Å². The van der Waals surface area contributed by atoms with Crippen molar-refractivity contribution in [2.75, 3.05) is 36.0 Å². The Kier molecular flexibility index (Phi) is 8.19. The molecular formula is C29H29F5N6O2. The van der Waals surface area contributed by atoms with Crippen molar-refractivity contribution in [2.45, 2.75) is 39.0 Å². The zero-order valence-corrected chi connectivity index (χ0v) is 23.0. The van der Waals surface area contributed by atoms with Crippen molar-refractivity contribution in [1.29, 1.82) is 0 Å². The van der Waals surface area contributed by atoms with Crippen molar-refractivity contribution in [3.63, 3.8) is 0 Å². The van der Waals surface area contributed by atoms with E-state index >= 15 is 4.39 Å². The summed E-state index contributed by atoms with van der Waals surface area (Å²) >= 11 is 0. The number of anilines is 2. The molecule has 1 aliphatic rings. The van der Waals surface area contributed by atoms with Gasteiger partial charge in [0.2, 0.25) is 5.88 Å². The second-order valence-electron chi connectivity index (χ2n) is 10.0. The fourth-order valence-electron chi connectivity index (χ4n) is 5.08. The molecule has 1 N–H and O–H groups in total. The lowest BCUT2D eigenvalue weighted by Crippen LogP contribution is -2.52. The van der Waals surface area contributed by atoms with E-state index in [0.717, 1.165) is 5.69 Å². The zero-order chi connectivity index (χ0) is 30.0. The Morgan fingerprint density at radius 1 is 1.12 bits per heavy atom. The summed E-state index contributed by atoms with van der Waals surface area (Å²) in [4.78, 5) is 25.3. The third-order valence-corrected chi connectivity index (χ3v) is 7.08. The first-order chi connectivity index (χ1) is 20.0. The fraction of sp³-hybridized carbons (Fsp3) is 0.345. The lowest BCUT2D eigenvalue weighted by Gasteiger charge is -2.42. The van der Waals surface area contributed by atoms with Crippen molar-refractivity contribution in [3.8, 4) is 5.88 Å². The number of rotatable bonds is 8. The summed E-state index contributed by atoms with van der Waals surface area (Å²) in [7, 11) is 0. The van der Waals surface area contributed by atoms with Gasteiger partial charge in [0.05, 0.1) is 23.3 Å². The summed E-state index contributed by atoms with van der Waals surface area (Å²) < 4.78 is 72.2. The summed E-state index contributed by atoms with van der Waals surface area (Å²) in [6.45, 7) is 4.08. The van der Waals surface area contributed by atoms with E-state index in [-0.39, 0.29) is 18.5 Å². The molecule has 13 heteroatoms. The molecule has 5 rings (SSSR count). The molecular weight excluding hydrogens is 559 g/mol. The molecule has 0 radical (unpaired) electrons. The van der Waals surface area contributed by atoms with Crippen LogP contribution in [-0.4, -0.2) is 58.7 Å². The normalized spacial score (nSPS) is 15.7. The number of imidazole rings is 1. The molecule has 3 aromatic heterocycles. The number of ether oxygens (including phenoxy) is 1. The van der Waals surface area contributed by atoms with Gasteiger partial charge in [0.25, 0.3) is 5.91 Å². The predicted molar refractivity (Wildman–Crippen MR) is 147 cm³/mol. The van der Waals surface area contributed by atoms with Crippen LogP contribution in [0.5, 0.6) is 5.88 Å². The minimum absolute atomic E-state index is 0.0347. The molecule has 42 heavy (non-hydrogen) atoms. The number of amides is 1. The number of benzene rings is 1. The molecule has 0 spiro atoms. The molecule has 1 saturated heterocycles. The van der Waals surface area contributed by atoms with Crippen LogP contribution in [-0.2, 0) is 13.0 Å². The number of halogens is 5. The number of aryl methyl sites for hydroxylation is 1.